The van der Waals surface area contributed by atoms with Gasteiger partial charge in [-0.1, -0.05) is 0 Å². The summed E-state index contributed by atoms with van der Waals surface area (Å²) in [6.45, 7) is 1.15. The van der Waals surface area contributed by atoms with Crippen LogP contribution in [0, 0.1) is 5.82 Å². The molecule has 1 fully saturated rings. The minimum Gasteiger partial charge on any atom is -0.450 e. The van der Waals surface area contributed by atoms with Crippen LogP contribution in [0.15, 0.2) is 15.8 Å². The molecule has 3 atom stereocenters. The molecule has 0 aromatic carbocycles. The number of hydrogen-bond acceptors (Lipinski definition) is 6. The molecule has 0 saturated carbocycles. The molecule has 1 saturated heterocycles. The van der Waals surface area contributed by atoms with Crippen LogP contribution >= 0.6 is 0 Å². The summed E-state index contributed by atoms with van der Waals surface area (Å²) in [6.07, 6.45) is -2.78. The lowest BCUT2D eigenvalue weighted by Crippen LogP contribution is -2.47. The Labute approximate surface area is 123 Å². The minimum absolute atomic E-state index is 0.0207. The van der Waals surface area contributed by atoms with Gasteiger partial charge in [0.15, 0.2) is 0 Å². The second-order valence-corrected chi connectivity index (χ2v) is 4.80. The molecule has 0 radical (unpaired) electrons. The van der Waals surface area contributed by atoms with Gasteiger partial charge in [-0.3, -0.25) is 19.2 Å². The molecule has 1 aromatic heterocycles. The highest BCUT2D eigenvalue weighted by Gasteiger charge is 2.45. The van der Waals surface area contributed by atoms with Crippen LogP contribution in [0.5, 0.6) is 0 Å². The third kappa shape index (κ3) is 2.74. The molecule has 1 aromatic rings. The predicted octanol–water partition coefficient (Wildman–Crippen LogP) is -1.24. The fourth-order valence-electron chi connectivity index (χ4n) is 2.51. The summed E-state index contributed by atoms with van der Waals surface area (Å²) in [4.78, 5) is 37.6. The number of carbonyl (C=O) groups is 1. The molecule has 0 bridgehead atoms. The van der Waals surface area contributed by atoms with Crippen molar-refractivity contribution >= 4 is 6.09 Å². The lowest BCUT2D eigenvalue weighted by Gasteiger charge is -2.29. The lowest BCUT2D eigenvalue weighted by atomic mass is 10.2. The molecule has 3 N–H and O–H groups in total. The highest BCUT2D eigenvalue weighted by atomic mass is 19.1. The first-order chi connectivity index (χ1) is 10.4. The van der Waals surface area contributed by atoms with Crippen molar-refractivity contribution in [2.45, 2.75) is 31.7 Å². The monoisotopic (exact) mass is 317 g/mol. The minimum atomic E-state index is -1.28. The molecule has 22 heavy (non-hydrogen) atoms. The first-order valence-corrected chi connectivity index (χ1v) is 6.65. The van der Waals surface area contributed by atoms with E-state index in [0.29, 0.717) is 10.8 Å². The average molecular weight is 317 g/mol. The number of amides is 1. The second-order valence-electron chi connectivity index (χ2n) is 4.80. The number of H-pyrrole nitrogens is 1. The number of halogens is 1. The Morgan fingerprint density at radius 2 is 2.23 bits per heavy atom. The van der Waals surface area contributed by atoms with Gasteiger partial charge in [0.05, 0.1) is 31.6 Å². The first-order valence-electron chi connectivity index (χ1n) is 6.65. The zero-order valence-electron chi connectivity index (χ0n) is 11.7. The molecule has 1 aliphatic heterocycles. The number of aliphatic hydroxyl groups is 2. The Morgan fingerprint density at radius 1 is 1.55 bits per heavy atom. The number of rotatable bonds is 3. The van der Waals surface area contributed by atoms with Crippen LogP contribution in [0.25, 0.3) is 0 Å². The molecule has 9 nitrogen and oxygen atoms in total. The zero-order chi connectivity index (χ0) is 16.4. The van der Waals surface area contributed by atoms with Gasteiger partial charge in [-0.2, -0.15) is 4.39 Å². The van der Waals surface area contributed by atoms with Gasteiger partial charge >= 0.3 is 11.8 Å². The van der Waals surface area contributed by atoms with E-state index in [2.05, 4.69) is 0 Å². The number of hydrogen-bond donors (Lipinski definition) is 3. The van der Waals surface area contributed by atoms with Crippen LogP contribution in [0.3, 0.4) is 0 Å². The molecule has 122 valence electrons. The summed E-state index contributed by atoms with van der Waals surface area (Å²) in [7, 11) is 0. The normalized spacial score (nSPS) is 24.5. The molecule has 1 amide bonds. The van der Waals surface area contributed by atoms with Crippen LogP contribution in [0.1, 0.15) is 19.5 Å². The number of aliphatic hydroxyl groups excluding tert-OH is 2. The van der Waals surface area contributed by atoms with Gasteiger partial charge in [0.1, 0.15) is 6.17 Å². The lowest BCUT2D eigenvalue weighted by molar-refractivity contribution is 0.0336. The van der Waals surface area contributed by atoms with Crippen LogP contribution in [0.2, 0.25) is 0 Å². The van der Waals surface area contributed by atoms with E-state index in [1.807, 2.05) is 0 Å². The molecule has 0 unspecified atom stereocenters. The standard InChI is InChI=1S/C12H16FN3O6/c1-2-22-12(21)16-6(5-17)3-8(18)10(16)15-4-7(13)9(19)14-11(15)20/h4,6,8,10,17-18H,2-3,5H2,1H3,(H,14,19,20)/t6-,8+,10-/m0/s1. The van der Waals surface area contributed by atoms with E-state index in [-0.39, 0.29) is 13.0 Å². The van der Waals surface area contributed by atoms with Crippen molar-refractivity contribution in [3.8, 4) is 0 Å². The summed E-state index contributed by atoms with van der Waals surface area (Å²) < 4.78 is 19.0. The summed E-state index contributed by atoms with van der Waals surface area (Å²) in [5, 5.41) is 19.4. The molecule has 0 aliphatic carbocycles. The van der Waals surface area contributed by atoms with Gasteiger partial charge in [0, 0.05) is 6.42 Å². The topological polar surface area (TPSA) is 125 Å². The number of aromatic amines is 1. The molecule has 2 rings (SSSR count). The quantitative estimate of drug-likeness (QED) is 0.640. The van der Waals surface area contributed by atoms with Crippen LogP contribution in [-0.2, 0) is 4.74 Å². The SMILES string of the molecule is CCOC(=O)N1[C@H](CO)C[C@@H](O)[C@H]1n1cc(F)c(=O)[nH]c1=O. The molecule has 2 heterocycles. The largest absolute Gasteiger partial charge is 0.450 e. The van der Waals surface area contributed by atoms with Gasteiger partial charge in [-0.05, 0) is 6.92 Å². The van der Waals surface area contributed by atoms with Crippen LogP contribution < -0.4 is 11.2 Å². The highest BCUT2D eigenvalue weighted by Crippen LogP contribution is 2.32. The van der Waals surface area contributed by atoms with Crippen molar-refractivity contribution in [2.24, 2.45) is 0 Å². The summed E-state index contributed by atoms with van der Waals surface area (Å²) >= 11 is 0. The fraction of sp³-hybridized carbons (Fsp3) is 0.583. The Morgan fingerprint density at radius 3 is 2.82 bits per heavy atom. The number of likely N-dealkylation sites (tertiary alicyclic amines) is 1. The van der Waals surface area contributed by atoms with E-state index in [1.165, 1.54) is 0 Å². The Hall–Kier alpha value is -2.20. The van der Waals surface area contributed by atoms with E-state index in [4.69, 9.17) is 4.74 Å². The Kier molecular flexibility index (Phi) is 4.62. The maximum absolute atomic E-state index is 13.4. The molecule has 0 spiro atoms. The van der Waals surface area contributed by atoms with E-state index in [9.17, 15) is 29.0 Å². The Balaban J connectivity index is 2.50. The van der Waals surface area contributed by atoms with Gasteiger partial charge in [0.2, 0.25) is 5.82 Å². The van der Waals surface area contributed by atoms with E-state index >= 15 is 0 Å². The van der Waals surface area contributed by atoms with Crippen molar-refractivity contribution in [1.82, 2.24) is 14.5 Å². The van der Waals surface area contributed by atoms with E-state index in [0.717, 1.165) is 4.90 Å². The average Bonchev–Trinajstić information content (AvgIpc) is 2.80. The van der Waals surface area contributed by atoms with Crippen LogP contribution in [0.4, 0.5) is 9.18 Å². The third-order valence-corrected chi connectivity index (χ3v) is 3.43. The summed E-state index contributed by atoms with van der Waals surface area (Å²) in [5.41, 5.74) is -2.18. The van der Waals surface area contributed by atoms with Gasteiger partial charge in [-0.15, -0.1) is 0 Å². The third-order valence-electron chi connectivity index (χ3n) is 3.43. The summed E-state index contributed by atoms with van der Waals surface area (Å²) in [5.74, 6) is -1.23. The number of nitrogens with zero attached hydrogens (tertiary/aromatic N) is 2. The van der Waals surface area contributed by atoms with E-state index in [1.54, 1.807) is 11.9 Å². The zero-order valence-corrected chi connectivity index (χ0v) is 11.7. The highest BCUT2D eigenvalue weighted by molar-refractivity contribution is 5.68. The molecular weight excluding hydrogens is 301 g/mol. The number of aromatic nitrogens is 2. The number of nitrogens with one attached hydrogen (secondary N) is 1. The van der Waals surface area contributed by atoms with Crippen molar-refractivity contribution in [1.29, 1.82) is 0 Å². The van der Waals surface area contributed by atoms with Gasteiger partial charge < -0.3 is 14.9 Å². The van der Waals surface area contributed by atoms with Crippen LogP contribution in [-0.4, -0.2) is 56.1 Å². The number of carbonyl (C=O) groups excluding carboxylic acids is 1. The maximum Gasteiger partial charge on any atom is 0.411 e. The van der Waals surface area contributed by atoms with Crippen molar-refractivity contribution in [3.05, 3.63) is 32.9 Å². The van der Waals surface area contributed by atoms with Crippen molar-refractivity contribution in [3.63, 3.8) is 0 Å². The fourth-order valence-corrected chi connectivity index (χ4v) is 2.51. The first kappa shape index (κ1) is 16.2. The summed E-state index contributed by atoms with van der Waals surface area (Å²) in [6, 6.07) is -0.791. The Bertz CT molecular complexity index is 672. The maximum atomic E-state index is 13.4. The van der Waals surface area contributed by atoms with Gasteiger partial charge in [-0.25, -0.2) is 9.59 Å². The molecular formula is C12H16FN3O6. The molecule has 1 aliphatic rings. The smallest absolute Gasteiger partial charge is 0.411 e. The van der Waals surface area contributed by atoms with Crippen molar-refractivity contribution < 1.29 is 24.1 Å². The van der Waals surface area contributed by atoms with E-state index < -0.39 is 48.1 Å². The molecule has 10 heteroatoms. The van der Waals surface area contributed by atoms with Crippen molar-refractivity contribution in [2.75, 3.05) is 13.2 Å². The predicted molar refractivity (Wildman–Crippen MR) is 70.7 cm³/mol. The number of ether oxygens (including phenoxy) is 1. The second kappa shape index (κ2) is 6.28. The van der Waals surface area contributed by atoms with Gasteiger partial charge in [0.25, 0.3) is 5.56 Å².